The average molecular weight is 263 g/mol. The van der Waals surface area contributed by atoms with Crippen molar-refractivity contribution in [3.05, 3.63) is 12.3 Å². The van der Waals surface area contributed by atoms with E-state index in [1.54, 1.807) is 6.20 Å². The summed E-state index contributed by atoms with van der Waals surface area (Å²) in [6, 6.07) is 2.29. The largest absolute Gasteiger partial charge is 0.478 e. The number of aromatic nitrogens is 2. The molecular weight excluding hydrogens is 238 g/mol. The van der Waals surface area contributed by atoms with Crippen LogP contribution in [0.25, 0.3) is 0 Å². The molecule has 0 spiro atoms. The Bertz CT molecular complexity index is 406. The molecular formula is C15H25N3O. The van der Waals surface area contributed by atoms with Crippen molar-refractivity contribution in [2.45, 2.75) is 58.9 Å². The van der Waals surface area contributed by atoms with Crippen LogP contribution < -0.4 is 10.1 Å². The van der Waals surface area contributed by atoms with E-state index in [1.807, 2.05) is 6.07 Å². The standard InChI is InChI=1S/C15H25N3O/c1-4-10-19-13-7-9-16-14(18-13)17-12-6-5-8-15(2,3)11-12/h7,9,12H,4-6,8,10-11H2,1-3H3,(H,16,17,18). The Morgan fingerprint density at radius 2 is 2.32 bits per heavy atom. The summed E-state index contributed by atoms with van der Waals surface area (Å²) in [7, 11) is 0. The molecule has 4 heteroatoms. The Hall–Kier alpha value is -1.32. The van der Waals surface area contributed by atoms with E-state index < -0.39 is 0 Å². The van der Waals surface area contributed by atoms with Gasteiger partial charge in [0.15, 0.2) is 0 Å². The molecule has 0 aromatic carbocycles. The van der Waals surface area contributed by atoms with E-state index >= 15 is 0 Å². The summed E-state index contributed by atoms with van der Waals surface area (Å²) in [5, 5.41) is 3.45. The van der Waals surface area contributed by atoms with Gasteiger partial charge in [0, 0.05) is 18.3 Å². The molecule has 1 fully saturated rings. The van der Waals surface area contributed by atoms with Crippen molar-refractivity contribution in [3.63, 3.8) is 0 Å². The molecule has 0 amide bonds. The van der Waals surface area contributed by atoms with Crippen molar-refractivity contribution in [3.8, 4) is 5.88 Å². The third-order valence-corrected chi connectivity index (χ3v) is 3.62. The second-order valence-electron chi connectivity index (χ2n) is 6.17. The van der Waals surface area contributed by atoms with Crippen LogP contribution in [-0.4, -0.2) is 22.6 Å². The highest BCUT2D eigenvalue weighted by Crippen LogP contribution is 2.36. The molecule has 1 unspecified atom stereocenters. The predicted octanol–water partition coefficient (Wildman–Crippen LogP) is 3.65. The van der Waals surface area contributed by atoms with E-state index in [2.05, 4.69) is 36.1 Å². The van der Waals surface area contributed by atoms with Gasteiger partial charge in [-0.15, -0.1) is 0 Å². The van der Waals surface area contributed by atoms with Gasteiger partial charge >= 0.3 is 0 Å². The van der Waals surface area contributed by atoms with Gasteiger partial charge < -0.3 is 10.1 Å². The molecule has 1 aromatic rings. The first-order valence-electron chi connectivity index (χ1n) is 7.31. The lowest BCUT2D eigenvalue weighted by molar-refractivity contribution is 0.229. The molecule has 1 N–H and O–H groups in total. The Labute approximate surface area is 116 Å². The first kappa shape index (κ1) is 14.1. The summed E-state index contributed by atoms with van der Waals surface area (Å²) in [4.78, 5) is 8.69. The molecule has 4 nitrogen and oxygen atoms in total. The molecule has 1 heterocycles. The van der Waals surface area contributed by atoms with Crippen molar-refractivity contribution in [2.75, 3.05) is 11.9 Å². The van der Waals surface area contributed by atoms with E-state index in [9.17, 15) is 0 Å². The number of hydrogen-bond donors (Lipinski definition) is 1. The van der Waals surface area contributed by atoms with Crippen LogP contribution in [0.15, 0.2) is 12.3 Å². The lowest BCUT2D eigenvalue weighted by Crippen LogP contribution is -2.32. The zero-order chi connectivity index (χ0) is 13.7. The lowest BCUT2D eigenvalue weighted by Gasteiger charge is -2.35. The number of rotatable bonds is 5. The molecule has 0 aliphatic heterocycles. The highest BCUT2D eigenvalue weighted by Gasteiger charge is 2.28. The van der Waals surface area contributed by atoms with Gasteiger partial charge in [0.25, 0.3) is 0 Å². The summed E-state index contributed by atoms with van der Waals surface area (Å²) < 4.78 is 5.53. The molecule has 1 saturated carbocycles. The Balaban J connectivity index is 1.94. The second kappa shape index (κ2) is 6.22. The van der Waals surface area contributed by atoms with Crippen LogP contribution in [0.1, 0.15) is 52.9 Å². The molecule has 1 atom stereocenters. The minimum absolute atomic E-state index is 0.423. The Morgan fingerprint density at radius 1 is 1.47 bits per heavy atom. The lowest BCUT2D eigenvalue weighted by atomic mass is 9.75. The first-order chi connectivity index (χ1) is 9.09. The van der Waals surface area contributed by atoms with Gasteiger partial charge in [0.1, 0.15) is 0 Å². The smallest absolute Gasteiger partial charge is 0.226 e. The van der Waals surface area contributed by atoms with Gasteiger partial charge in [-0.3, -0.25) is 0 Å². The summed E-state index contributed by atoms with van der Waals surface area (Å²) in [6.07, 6.45) is 7.71. The quantitative estimate of drug-likeness (QED) is 0.881. The van der Waals surface area contributed by atoms with Crippen molar-refractivity contribution < 1.29 is 4.74 Å². The van der Waals surface area contributed by atoms with E-state index in [4.69, 9.17) is 4.74 Å². The van der Waals surface area contributed by atoms with Gasteiger partial charge in [0.05, 0.1) is 6.61 Å². The molecule has 0 radical (unpaired) electrons. The SMILES string of the molecule is CCCOc1ccnc(NC2CCCC(C)(C)C2)n1. The summed E-state index contributed by atoms with van der Waals surface area (Å²) in [5.41, 5.74) is 0.423. The van der Waals surface area contributed by atoms with Crippen molar-refractivity contribution in [1.82, 2.24) is 9.97 Å². The molecule has 106 valence electrons. The zero-order valence-corrected chi connectivity index (χ0v) is 12.3. The number of nitrogens with zero attached hydrogens (tertiary/aromatic N) is 2. The fraction of sp³-hybridized carbons (Fsp3) is 0.733. The van der Waals surface area contributed by atoms with Crippen molar-refractivity contribution in [1.29, 1.82) is 0 Å². The van der Waals surface area contributed by atoms with Crippen LogP contribution in [0.4, 0.5) is 5.95 Å². The topological polar surface area (TPSA) is 47.0 Å². The number of hydrogen-bond acceptors (Lipinski definition) is 4. The molecule has 2 rings (SSSR count). The second-order valence-corrected chi connectivity index (χ2v) is 6.17. The van der Waals surface area contributed by atoms with Crippen LogP contribution in [0.5, 0.6) is 5.88 Å². The highest BCUT2D eigenvalue weighted by atomic mass is 16.5. The van der Waals surface area contributed by atoms with Crippen LogP contribution >= 0.6 is 0 Å². The normalized spacial score (nSPS) is 21.9. The van der Waals surface area contributed by atoms with E-state index in [0.29, 0.717) is 29.9 Å². The predicted molar refractivity (Wildman–Crippen MR) is 77.5 cm³/mol. The van der Waals surface area contributed by atoms with Gasteiger partial charge in [-0.25, -0.2) is 4.98 Å². The summed E-state index contributed by atoms with van der Waals surface area (Å²) in [5.74, 6) is 1.35. The maximum atomic E-state index is 5.53. The van der Waals surface area contributed by atoms with E-state index in [0.717, 1.165) is 6.42 Å². The van der Waals surface area contributed by atoms with Gasteiger partial charge in [-0.1, -0.05) is 27.2 Å². The van der Waals surface area contributed by atoms with Crippen LogP contribution in [0, 0.1) is 5.41 Å². The van der Waals surface area contributed by atoms with Crippen molar-refractivity contribution in [2.24, 2.45) is 5.41 Å². The van der Waals surface area contributed by atoms with Gasteiger partial charge in [-0.05, 0) is 31.1 Å². The number of nitrogens with one attached hydrogen (secondary N) is 1. The zero-order valence-electron chi connectivity index (χ0n) is 12.3. The van der Waals surface area contributed by atoms with Gasteiger partial charge in [-0.2, -0.15) is 4.98 Å². The number of anilines is 1. The molecule has 1 aliphatic carbocycles. The molecule has 1 aromatic heterocycles. The highest BCUT2D eigenvalue weighted by molar-refractivity contribution is 5.29. The third-order valence-electron chi connectivity index (χ3n) is 3.62. The minimum Gasteiger partial charge on any atom is -0.478 e. The first-order valence-corrected chi connectivity index (χ1v) is 7.31. The van der Waals surface area contributed by atoms with E-state index in [-0.39, 0.29) is 0 Å². The molecule has 0 bridgehead atoms. The monoisotopic (exact) mass is 263 g/mol. The summed E-state index contributed by atoms with van der Waals surface area (Å²) >= 11 is 0. The molecule has 19 heavy (non-hydrogen) atoms. The maximum absolute atomic E-state index is 5.53. The van der Waals surface area contributed by atoms with E-state index in [1.165, 1.54) is 25.7 Å². The number of ether oxygens (including phenoxy) is 1. The average Bonchev–Trinajstić information content (AvgIpc) is 2.35. The minimum atomic E-state index is 0.423. The molecule has 1 aliphatic rings. The Kier molecular flexibility index (Phi) is 4.61. The Morgan fingerprint density at radius 3 is 3.05 bits per heavy atom. The van der Waals surface area contributed by atoms with Crippen molar-refractivity contribution >= 4 is 5.95 Å². The maximum Gasteiger partial charge on any atom is 0.226 e. The third kappa shape index (κ3) is 4.37. The van der Waals surface area contributed by atoms with Crippen LogP contribution in [0.2, 0.25) is 0 Å². The van der Waals surface area contributed by atoms with Crippen LogP contribution in [0.3, 0.4) is 0 Å². The summed E-state index contributed by atoms with van der Waals surface area (Å²) in [6.45, 7) is 7.46. The fourth-order valence-corrected chi connectivity index (χ4v) is 2.70. The van der Waals surface area contributed by atoms with Crippen LogP contribution in [-0.2, 0) is 0 Å². The van der Waals surface area contributed by atoms with Gasteiger partial charge in [0.2, 0.25) is 11.8 Å². The molecule has 0 saturated heterocycles. The fourth-order valence-electron chi connectivity index (χ4n) is 2.70.